The molecule has 0 N–H and O–H groups in total. The van der Waals surface area contributed by atoms with Crippen molar-refractivity contribution in [2.24, 2.45) is 0 Å². The monoisotopic (exact) mass is 781 g/mol. The maximum absolute atomic E-state index is 6.37. The fraction of sp³-hybridized carbons (Fsp3) is 0. The Morgan fingerprint density at radius 2 is 0.967 bits per heavy atom. The molecule has 13 rings (SSSR count). The van der Waals surface area contributed by atoms with Gasteiger partial charge in [0.2, 0.25) is 5.95 Å². The van der Waals surface area contributed by atoms with Crippen LogP contribution in [0.4, 0.5) is 0 Å². The second-order valence-corrected chi connectivity index (χ2v) is 15.4. The Balaban J connectivity index is 1.10. The molecule has 7 nitrogen and oxygen atoms in total. The van der Waals surface area contributed by atoms with Crippen LogP contribution < -0.4 is 0 Å². The van der Waals surface area contributed by atoms with Crippen LogP contribution in [0.2, 0.25) is 0 Å². The van der Waals surface area contributed by atoms with E-state index in [4.69, 9.17) is 23.8 Å². The van der Waals surface area contributed by atoms with E-state index in [0.717, 1.165) is 93.1 Å². The van der Waals surface area contributed by atoms with Crippen LogP contribution in [0.3, 0.4) is 0 Å². The van der Waals surface area contributed by atoms with E-state index >= 15 is 0 Å². The molecule has 0 unspecified atom stereocenters. The van der Waals surface area contributed by atoms with Crippen molar-refractivity contribution < 1.29 is 8.83 Å². The number of hydrogen-bond donors (Lipinski definition) is 0. The van der Waals surface area contributed by atoms with Gasteiger partial charge in [0.15, 0.2) is 17.2 Å². The van der Waals surface area contributed by atoms with Crippen LogP contribution in [-0.2, 0) is 0 Å². The highest BCUT2D eigenvalue weighted by molar-refractivity contribution is 6.22. The van der Waals surface area contributed by atoms with E-state index < -0.39 is 0 Å². The summed E-state index contributed by atoms with van der Waals surface area (Å²) in [4.78, 5) is 20.5. The van der Waals surface area contributed by atoms with Gasteiger partial charge in [0.05, 0.1) is 17.2 Å². The van der Waals surface area contributed by atoms with Gasteiger partial charge in [0.1, 0.15) is 16.7 Å². The first kappa shape index (κ1) is 33.5. The topological polar surface area (TPSA) is 82.8 Å². The zero-order valence-electron chi connectivity index (χ0n) is 32.5. The molecule has 13 aromatic rings. The van der Waals surface area contributed by atoms with Gasteiger partial charge in [0, 0.05) is 49.6 Å². The van der Waals surface area contributed by atoms with E-state index in [2.05, 4.69) is 131 Å². The van der Waals surface area contributed by atoms with E-state index in [1.807, 2.05) is 54.6 Å². The summed E-state index contributed by atoms with van der Waals surface area (Å²) < 4.78 is 14.9. The van der Waals surface area contributed by atoms with Gasteiger partial charge in [0.25, 0.3) is 0 Å². The zero-order valence-corrected chi connectivity index (χ0v) is 32.5. The Hall–Kier alpha value is -8.42. The van der Waals surface area contributed by atoms with Crippen molar-refractivity contribution in [1.29, 1.82) is 0 Å². The Labute approximate surface area is 347 Å². The lowest BCUT2D eigenvalue weighted by Crippen LogP contribution is -2.06. The molecule has 0 fully saturated rings. The number of pyridine rings is 1. The van der Waals surface area contributed by atoms with Gasteiger partial charge in [-0.1, -0.05) is 133 Å². The molecule has 5 aromatic heterocycles. The van der Waals surface area contributed by atoms with E-state index in [1.54, 1.807) is 12.4 Å². The minimum Gasteiger partial charge on any atom is -0.456 e. The Morgan fingerprint density at radius 3 is 1.74 bits per heavy atom. The van der Waals surface area contributed by atoms with E-state index in [9.17, 15) is 0 Å². The fourth-order valence-electron chi connectivity index (χ4n) is 9.20. The fourth-order valence-corrected chi connectivity index (χ4v) is 9.20. The minimum atomic E-state index is 0.506. The Morgan fingerprint density at radius 1 is 0.377 bits per heavy atom. The van der Waals surface area contributed by atoms with Gasteiger partial charge in [-0.2, -0.15) is 9.97 Å². The van der Waals surface area contributed by atoms with Crippen molar-refractivity contribution in [1.82, 2.24) is 24.5 Å². The molecule has 61 heavy (non-hydrogen) atoms. The lowest BCUT2D eigenvalue weighted by Gasteiger charge is -2.12. The number of rotatable bonds is 5. The number of benzene rings is 8. The van der Waals surface area contributed by atoms with Crippen LogP contribution in [-0.4, -0.2) is 24.5 Å². The molecule has 284 valence electrons. The third kappa shape index (κ3) is 5.17. The maximum Gasteiger partial charge on any atom is 0.238 e. The second kappa shape index (κ2) is 13.0. The molecule has 0 saturated carbocycles. The van der Waals surface area contributed by atoms with Crippen LogP contribution >= 0.6 is 0 Å². The highest BCUT2D eigenvalue weighted by Crippen LogP contribution is 2.42. The number of fused-ring (bicyclic) bond motifs is 11. The van der Waals surface area contributed by atoms with Gasteiger partial charge in [-0.25, -0.2) is 4.98 Å². The van der Waals surface area contributed by atoms with Crippen molar-refractivity contribution in [2.45, 2.75) is 0 Å². The highest BCUT2D eigenvalue weighted by Gasteiger charge is 2.23. The Kier molecular flexibility index (Phi) is 7.17. The molecule has 0 atom stereocenters. The summed E-state index contributed by atoms with van der Waals surface area (Å²) >= 11 is 0. The number of furan rings is 2. The lowest BCUT2D eigenvalue weighted by atomic mass is 9.98. The van der Waals surface area contributed by atoms with Crippen LogP contribution in [0, 0.1) is 0 Å². The first-order valence-electron chi connectivity index (χ1n) is 20.3. The van der Waals surface area contributed by atoms with E-state index in [-0.39, 0.29) is 0 Å². The quantitative estimate of drug-likeness (QED) is 0.173. The van der Waals surface area contributed by atoms with E-state index in [0.29, 0.717) is 23.2 Å². The largest absolute Gasteiger partial charge is 0.456 e. The molecule has 5 heterocycles. The first-order valence-corrected chi connectivity index (χ1v) is 20.3. The molecular formula is C54H31N5O2. The maximum atomic E-state index is 6.37. The molecule has 0 bridgehead atoms. The summed E-state index contributed by atoms with van der Waals surface area (Å²) in [6, 6.07) is 61.2. The molecule has 7 heteroatoms. The van der Waals surface area contributed by atoms with Crippen molar-refractivity contribution in [3.05, 3.63) is 188 Å². The molecule has 0 saturated heterocycles. The normalized spacial score (nSPS) is 11.9. The summed E-state index contributed by atoms with van der Waals surface area (Å²) in [5.41, 5.74) is 11.3. The van der Waals surface area contributed by atoms with Gasteiger partial charge >= 0.3 is 0 Å². The molecule has 0 spiro atoms. The molecular weight excluding hydrogens is 751 g/mol. The van der Waals surface area contributed by atoms with E-state index in [1.165, 1.54) is 11.1 Å². The van der Waals surface area contributed by atoms with Crippen molar-refractivity contribution in [3.63, 3.8) is 0 Å². The molecule has 0 amide bonds. The number of para-hydroxylation sites is 1. The average Bonchev–Trinajstić information content (AvgIpc) is 4.01. The molecule has 0 aliphatic carbocycles. The molecule has 8 aromatic carbocycles. The second-order valence-electron chi connectivity index (χ2n) is 15.4. The minimum absolute atomic E-state index is 0.506. The predicted molar refractivity (Wildman–Crippen MR) is 246 cm³/mol. The van der Waals surface area contributed by atoms with Gasteiger partial charge in [-0.3, -0.25) is 9.55 Å². The number of aromatic nitrogens is 5. The Bertz CT molecular complexity index is 3750. The SMILES string of the molecule is c1ccc(-c2ccc(-c3ccc4c(c3)c3c5ccccc5ccc3n4-c3nc(-c4cccc5oc6ccccc6c45)nc(-c4cccc5oc6cnccc6c45)n3)cc2)cc1. The zero-order chi connectivity index (χ0) is 40.0. The molecule has 0 radical (unpaired) electrons. The third-order valence-electron chi connectivity index (χ3n) is 12.0. The molecule has 0 aliphatic heterocycles. The lowest BCUT2D eigenvalue weighted by molar-refractivity contribution is 0.667. The van der Waals surface area contributed by atoms with Crippen LogP contribution in [0.1, 0.15) is 0 Å². The summed E-state index contributed by atoms with van der Waals surface area (Å²) in [6.07, 6.45) is 3.54. The van der Waals surface area contributed by atoms with Crippen molar-refractivity contribution in [3.8, 4) is 51.0 Å². The van der Waals surface area contributed by atoms with Crippen LogP contribution in [0.25, 0.3) is 127 Å². The standard InChI is InChI=1S/C54H31N5O2/c1-2-10-32(11-3-1)33-20-22-34(23-21-33)36-25-26-43-42(30-36)49-37-13-5-4-12-35(37)24-27-44(49)59(43)54-57-52(40-15-8-18-46-50(40)38-14-6-7-17-45(38)60-46)56-53(58-54)41-16-9-19-47-51(41)39-28-29-55-31-48(39)61-47/h1-31H. The molecule has 0 aliphatic rings. The van der Waals surface area contributed by atoms with Gasteiger partial charge in [-0.05, 0) is 75.5 Å². The van der Waals surface area contributed by atoms with Crippen LogP contribution in [0.5, 0.6) is 0 Å². The van der Waals surface area contributed by atoms with Crippen molar-refractivity contribution in [2.75, 3.05) is 0 Å². The van der Waals surface area contributed by atoms with Gasteiger partial charge < -0.3 is 8.83 Å². The smallest absolute Gasteiger partial charge is 0.238 e. The number of hydrogen-bond acceptors (Lipinski definition) is 6. The van der Waals surface area contributed by atoms with Crippen LogP contribution in [0.15, 0.2) is 197 Å². The van der Waals surface area contributed by atoms with Crippen molar-refractivity contribution >= 4 is 76.5 Å². The third-order valence-corrected chi connectivity index (χ3v) is 12.0. The summed E-state index contributed by atoms with van der Waals surface area (Å²) in [5, 5.41) is 8.39. The van der Waals surface area contributed by atoms with Gasteiger partial charge in [-0.15, -0.1) is 0 Å². The predicted octanol–water partition coefficient (Wildman–Crippen LogP) is 14.0. The average molecular weight is 782 g/mol. The highest BCUT2D eigenvalue weighted by atomic mass is 16.3. The summed E-state index contributed by atoms with van der Waals surface area (Å²) in [5.74, 6) is 1.57. The number of nitrogens with zero attached hydrogens (tertiary/aromatic N) is 5. The summed E-state index contributed by atoms with van der Waals surface area (Å²) in [6.45, 7) is 0. The summed E-state index contributed by atoms with van der Waals surface area (Å²) in [7, 11) is 0. The first-order chi connectivity index (χ1) is 30.2.